The molecule has 1 saturated heterocycles. The minimum absolute atomic E-state index is 0.0200. The number of anilines is 1. The van der Waals surface area contributed by atoms with E-state index in [1.165, 1.54) is 12.0 Å². The van der Waals surface area contributed by atoms with E-state index in [4.69, 9.17) is 0 Å². The fourth-order valence-corrected chi connectivity index (χ4v) is 2.43. The number of hydrogen-bond donors (Lipinski definition) is 2. The van der Waals surface area contributed by atoms with Crippen molar-refractivity contribution in [1.29, 1.82) is 0 Å². The molecule has 1 unspecified atom stereocenters. The number of rotatable bonds is 4. The fourth-order valence-electron chi connectivity index (χ4n) is 2.43. The highest BCUT2D eigenvalue weighted by Crippen LogP contribution is 2.18. The van der Waals surface area contributed by atoms with Gasteiger partial charge in [-0.3, -0.25) is 4.79 Å². The number of carbonyl (C=O) groups excluding carboxylic acids is 1. The van der Waals surface area contributed by atoms with Gasteiger partial charge in [-0.15, -0.1) is 0 Å². The van der Waals surface area contributed by atoms with Gasteiger partial charge in [-0.25, -0.2) is 0 Å². The molecule has 1 heterocycles. The maximum absolute atomic E-state index is 12.2. The largest absolute Gasteiger partial charge is 0.324 e. The Morgan fingerprint density at radius 2 is 2.22 bits per heavy atom. The molecule has 98 valence electrons. The van der Waals surface area contributed by atoms with E-state index < -0.39 is 0 Å². The maximum Gasteiger partial charge on any atom is 0.241 e. The molecule has 0 aromatic heterocycles. The average Bonchev–Trinajstić information content (AvgIpc) is 2.42. The van der Waals surface area contributed by atoms with Crippen molar-refractivity contribution in [2.24, 2.45) is 0 Å². The molecule has 1 aromatic carbocycles. The van der Waals surface area contributed by atoms with Crippen LogP contribution in [0.3, 0.4) is 0 Å². The van der Waals surface area contributed by atoms with Gasteiger partial charge in [0.2, 0.25) is 5.91 Å². The van der Waals surface area contributed by atoms with Gasteiger partial charge in [0, 0.05) is 5.69 Å². The zero-order valence-corrected chi connectivity index (χ0v) is 11.0. The van der Waals surface area contributed by atoms with E-state index >= 15 is 0 Å². The third-order valence-corrected chi connectivity index (χ3v) is 3.42. The molecule has 1 aliphatic rings. The van der Waals surface area contributed by atoms with Gasteiger partial charge in [0.15, 0.2) is 0 Å². The number of para-hydroxylation sites is 1. The maximum atomic E-state index is 12.2. The molecule has 2 rings (SSSR count). The number of aryl methyl sites for hydroxylation is 1. The summed E-state index contributed by atoms with van der Waals surface area (Å²) in [5, 5.41) is 6.34. The zero-order valence-electron chi connectivity index (χ0n) is 11.0. The Labute approximate surface area is 109 Å². The Balaban J connectivity index is 2.01. The number of piperidine rings is 1. The molecule has 0 radical (unpaired) electrons. The highest BCUT2D eigenvalue weighted by molar-refractivity contribution is 5.95. The Morgan fingerprint density at radius 3 is 2.94 bits per heavy atom. The van der Waals surface area contributed by atoms with Gasteiger partial charge in [0.1, 0.15) is 0 Å². The summed E-state index contributed by atoms with van der Waals surface area (Å²) in [5.41, 5.74) is 2.20. The summed E-state index contributed by atoms with van der Waals surface area (Å²) in [6.07, 6.45) is 5.36. The number of hydrogen-bond acceptors (Lipinski definition) is 2. The van der Waals surface area contributed by atoms with E-state index in [9.17, 15) is 4.79 Å². The quantitative estimate of drug-likeness (QED) is 0.857. The summed E-state index contributed by atoms with van der Waals surface area (Å²) >= 11 is 0. The average molecular weight is 246 g/mol. The van der Waals surface area contributed by atoms with Crippen molar-refractivity contribution >= 4 is 11.6 Å². The molecule has 3 heteroatoms. The Kier molecular flexibility index (Phi) is 4.76. The first-order chi connectivity index (χ1) is 8.81. The van der Waals surface area contributed by atoms with Crippen molar-refractivity contribution < 1.29 is 4.79 Å². The lowest BCUT2D eigenvalue weighted by molar-refractivity contribution is -0.118. The molecule has 1 aromatic rings. The van der Waals surface area contributed by atoms with Gasteiger partial charge in [-0.1, -0.05) is 38.0 Å². The van der Waals surface area contributed by atoms with Gasteiger partial charge >= 0.3 is 0 Å². The van der Waals surface area contributed by atoms with Crippen LogP contribution in [-0.2, 0) is 11.2 Å². The van der Waals surface area contributed by atoms with E-state index in [2.05, 4.69) is 23.6 Å². The predicted octanol–water partition coefficient (Wildman–Crippen LogP) is 2.72. The van der Waals surface area contributed by atoms with Crippen molar-refractivity contribution in [1.82, 2.24) is 5.32 Å². The second-order valence-electron chi connectivity index (χ2n) is 4.90. The van der Waals surface area contributed by atoms with Crippen LogP contribution in [0.4, 0.5) is 5.69 Å². The summed E-state index contributed by atoms with van der Waals surface area (Å²) in [6.45, 7) is 3.11. The highest BCUT2D eigenvalue weighted by atomic mass is 16.2. The van der Waals surface area contributed by atoms with E-state index in [1.807, 2.05) is 18.2 Å². The molecular formula is C15H22N2O. The molecule has 0 saturated carbocycles. The molecule has 0 spiro atoms. The van der Waals surface area contributed by atoms with E-state index in [0.717, 1.165) is 37.9 Å². The molecule has 1 aliphatic heterocycles. The number of nitrogens with one attached hydrogen (secondary N) is 2. The summed E-state index contributed by atoms with van der Waals surface area (Å²) < 4.78 is 0. The molecule has 1 amide bonds. The van der Waals surface area contributed by atoms with E-state index in [1.54, 1.807) is 0 Å². The molecule has 0 aliphatic carbocycles. The lowest BCUT2D eigenvalue weighted by atomic mass is 10.0. The van der Waals surface area contributed by atoms with Crippen molar-refractivity contribution in [3.63, 3.8) is 0 Å². The van der Waals surface area contributed by atoms with Crippen molar-refractivity contribution in [2.75, 3.05) is 11.9 Å². The van der Waals surface area contributed by atoms with Gasteiger partial charge < -0.3 is 10.6 Å². The fraction of sp³-hybridized carbons (Fsp3) is 0.533. The van der Waals surface area contributed by atoms with Crippen molar-refractivity contribution in [3.8, 4) is 0 Å². The first-order valence-electron chi connectivity index (χ1n) is 6.93. The van der Waals surface area contributed by atoms with Crippen molar-refractivity contribution in [3.05, 3.63) is 29.8 Å². The molecule has 3 nitrogen and oxygen atoms in total. The summed E-state index contributed by atoms with van der Waals surface area (Å²) in [6, 6.07) is 8.07. The summed E-state index contributed by atoms with van der Waals surface area (Å²) in [5.74, 6) is 0.109. The Hall–Kier alpha value is -1.35. The van der Waals surface area contributed by atoms with Crippen LogP contribution in [0.25, 0.3) is 0 Å². The van der Waals surface area contributed by atoms with E-state index in [-0.39, 0.29) is 11.9 Å². The lowest BCUT2D eigenvalue weighted by Gasteiger charge is -2.23. The third-order valence-electron chi connectivity index (χ3n) is 3.42. The Morgan fingerprint density at radius 1 is 1.39 bits per heavy atom. The van der Waals surface area contributed by atoms with E-state index in [0.29, 0.717) is 0 Å². The molecule has 1 atom stereocenters. The van der Waals surface area contributed by atoms with Crippen LogP contribution in [0.1, 0.15) is 38.2 Å². The van der Waals surface area contributed by atoms with Crippen LogP contribution in [0, 0.1) is 0 Å². The summed E-state index contributed by atoms with van der Waals surface area (Å²) in [7, 11) is 0. The molecular weight excluding hydrogens is 224 g/mol. The predicted molar refractivity (Wildman–Crippen MR) is 74.7 cm³/mol. The van der Waals surface area contributed by atoms with Crippen molar-refractivity contribution in [2.45, 2.75) is 45.1 Å². The van der Waals surface area contributed by atoms with Crippen LogP contribution in [0.15, 0.2) is 24.3 Å². The van der Waals surface area contributed by atoms with Crippen LogP contribution >= 0.6 is 0 Å². The summed E-state index contributed by atoms with van der Waals surface area (Å²) in [4.78, 5) is 12.2. The van der Waals surface area contributed by atoms with Gasteiger partial charge in [-0.2, -0.15) is 0 Å². The number of carbonyl (C=O) groups is 1. The number of benzene rings is 1. The second kappa shape index (κ2) is 6.55. The highest BCUT2D eigenvalue weighted by Gasteiger charge is 2.20. The second-order valence-corrected chi connectivity index (χ2v) is 4.90. The normalized spacial score (nSPS) is 19.5. The SMILES string of the molecule is CCCc1ccccc1NC(=O)C1CCCCN1. The van der Waals surface area contributed by atoms with Crippen LogP contribution in [0.2, 0.25) is 0 Å². The standard InChI is InChI=1S/C15H22N2O/c1-2-7-12-8-3-4-9-13(12)17-15(18)14-10-5-6-11-16-14/h3-4,8-9,14,16H,2,5-7,10-11H2,1H3,(H,17,18). The third kappa shape index (κ3) is 3.33. The zero-order chi connectivity index (χ0) is 12.8. The van der Waals surface area contributed by atoms with Crippen LogP contribution in [-0.4, -0.2) is 18.5 Å². The smallest absolute Gasteiger partial charge is 0.241 e. The minimum atomic E-state index is -0.0200. The van der Waals surface area contributed by atoms with Gasteiger partial charge in [-0.05, 0) is 37.4 Å². The van der Waals surface area contributed by atoms with Gasteiger partial charge in [0.25, 0.3) is 0 Å². The molecule has 18 heavy (non-hydrogen) atoms. The lowest BCUT2D eigenvalue weighted by Crippen LogP contribution is -2.43. The van der Waals surface area contributed by atoms with Crippen LogP contribution in [0.5, 0.6) is 0 Å². The van der Waals surface area contributed by atoms with Crippen LogP contribution < -0.4 is 10.6 Å². The molecule has 1 fully saturated rings. The topological polar surface area (TPSA) is 41.1 Å². The monoisotopic (exact) mass is 246 g/mol. The molecule has 2 N–H and O–H groups in total. The Bertz CT molecular complexity index is 397. The number of amides is 1. The first kappa shape index (κ1) is 13.1. The first-order valence-corrected chi connectivity index (χ1v) is 6.93. The minimum Gasteiger partial charge on any atom is -0.324 e. The molecule has 0 bridgehead atoms. The van der Waals surface area contributed by atoms with Gasteiger partial charge in [0.05, 0.1) is 6.04 Å².